The van der Waals surface area contributed by atoms with Crippen LogP contribution < -0.4 is 15.0 Å². The number of rotatable bonds is 3. The van der Waals surface area contributed by atoms with E-state index in [-0.39, 0.29) is 29.0 Å². The minimum Gasteiger partial charge on any atom is -0.487 e. The number of nitrogens with zero attached hydrogens (tertiary/aromatic N) is 4. The van der Waals surface area contributed by atoms with Crippen LogP contribution in [0.25, 0.3) is 11.3 Å². The predicted octanol–water partition coefficient (Wildman–Crippen LogP) is 3.14. The third kappa shape index (κ3) is 4.28. The van der Waals surface area contributed by atoms with Crippen molar-refractivity contribution in [2.24, 2.45) is 0 Å². The lowest BCUT2D eigenvalue weighted by molar-refractivity contribution is -0.120. The number of likely N-dealkylation sites (N-methyl/N-ethyl adjacent to an activating group) is 1. The highest BCUT2D eigenvalue weighted by Crippen LogP contribution is 2.29. The SMILES string of the molecule is CN1C(=O)C(NC(=O)c2ncc(Cl)c(-c3ccc(Cl)cc3)n2)COc2cc(F)cnc21. The Hall–Kier alpha value is -3.30. The van der Waals surface area contributed by atoms with Gasteiger partial charge in [0.1, 0.15) is 18.5 Å². The smallest absolute Gasteiger partial charge is 0.289 e. The molecule has 3 aromatic rings. The van der Waals surface area contributed by atoms with Crippen molar-refractivity contribution in [2.45, 2.75) is 6.04 Å². The van der Waals surface area contributed by atoms with E-state index in [9.17, 15) is 14.0 Å². The second-order valence-corrected chi connectivity index (χ2v) is 7.45. The molecule has 8 nitrogen and oxygen atoms in total. The van der Waals surface area contributed by atoms with Gasteiger partial charge >= 0.3 is 0 Å². The van der Waals surface area contributed by atoms with Gasteiger partial charge in [0, 0.05) is 23.7 Å². The zero-order chi connectivity index (χ0) is 22.1. The Labute approximate surface area is 186 Å². The number of carbonyl (C=O) groups excluding carboxylic acids is 2. The molecule has 158 valence electrons. The van der Waals surface area contributed by atoms with Crippen molar-refractivity contribution >= 4 is 40.8 Å². The van der Waals surface area contributed by atoms with Crippen LogP contribution >= 0.6 is 23.2 Å². The number of hydrogen-bond acceptors (Lipinski definition) is 6. The quantitative estimate of drug-likeness (QED) is 0.643. The number of benzene rings is 1. The minimum absolute atomic E-state index is 0.0976. The van der Waals surface area contributed by atoms with E-state index in [0.717, 1.165) is 12.3 Å². The van der Waals surface area contributed by atoms with Crippen LogP contribution in [0.2, 0.25) is 10.0 Å². The van der Waals surface area contributed by atoms with Gasteiger partial charge in [-0.2, -0.15) is 0 Å². The number of fused-ring (bicyclic) bond motifs is 1. The molecule has 1 atom stereocenters. The van der Waals surface area contributed by atoms with E-state index in [1.165, 1.54) is 18.1 Å². The fourth-order valence-corrected chi connectivity index (χ4v) is 3.29. The number of nitrogens with one attached hydrogen (secondary N) is 1. The number of amides is 2. The van der Waals surface area contributed by atoms with Gasteiger partial charge in [0.05, 0.1) is 23.1 Å². The average Bonchev–Trinajstić information content (AvgIpc) is 2.86. The largest absolute Gasteiger partial charge is 0.487 e. The van der Waals surface area contributed by atoms with Crippen molar-refractivity contribution in [1.29, 1.82) is 0 Å². The van der Waals surface area contributed by atoms with Crippen LogP contribution in [0.3, 0.4) is 0 Å². The first-order valence-electron chi connectivity index (χ1n) is 8.98. The summed E-state index contributed by atoms with van der Waals surface area (Å²) < 4.78 is 19.0. The first-order valence-corrected chi connectivity index (χ1v) is 9.74. The van der Waals surface area contributed by atoms with E-state index in [4.69, 9.17) is 27.9 Å². The number of anilines is 1. The van der Waals surface area contributed by atoms with Crippen LogP contribution in [0.1, 0.15) is 10.6 Å². The molecule has 0 fully saturated rings. The molecule has 0 saturated carbocycles. The Balaban J connectivity index is 1.56. The summed E-state index contributed by atoms with van der Waals surface area (Å²) in [5.41, 5.74) is 0.981. The number of hydrogen-bond donors (Lipinski definition) is 1. The molecule has 2 aromatic heterocycles. The summed E-state index contributed by atoms with van der Waals surface area (Å²) in [5.74, 6) is -1.73. The van der Waals surface area contributed by atoms with Crippen LogP contribution in [-0.4, -0.2) is 46.5 Å². The normalized spacial score (nSPS) is 15.7. The Morgan fingerprint density at radius 3 is 2.71 bits per heavy atom. The molecule has 0 radical (unpaired) electrons. The van der Waals surface area contributed by atoms with E-state index in [1.54, 1.807) is 24.3 Å². The van der Waals surface area contributed by atoms with Crippen LogP contribution in [0.15, 0.2) is 42.7 Å². The van der Waals surface area contributed by atoms with Crippen molar-refractivity contribution < 1.29 is 18.7 Å². The van der Waals surface area contributed by atoms with Gasteiger partial charge in [0.15, 0.2) is 11.6 Å². The molecule has 4 rings (SSSR count). The number of carbonyl (C=O) groups is 2. The van der Waals surface area contributed by atoms with Gasteiger partial charge in [0.25, 0.3) is 11.8 Å². The van der Waals surface area contributed by atoms with Crippen molar-refractivity contribution in [3.63, 3.8) is 0 Å². The molecule has 11 heteroatoms. The maximum Gasteiger partial charge on any atom is 0.289 e. The van der Waals surface area contributed by atoms with E-state index in [0.29, 0.717) is 16.3 Å². The Morgan fingerprint density at radius 2 is 1.97 bits per heavy atom. The molecule has 1 aromatic carbocycles. The molecule has 3 heterocycles. The lowest BCUT2D eigenvalue weighted by Crippen LogP contribution is -2.49. The van der Waals surface area contributed by atoms with Crippen molar-refractivity contribution in [1.82, 2.24) is 20.3 Å². The summed E-state index contributed by atoms with van der Waals surface area (Å²) in [7, 11) is 1.46. The second kappa shape index (κ2) is 8.44. The number of halogens is 3. The Morgan fingerprint density at radius 1 is 1.23 bits per heavy atom. The molecule has 1 unspecified atom stereocenters. The fraction of sp³-hybridized carbons (Fsp3) is 0.150. The van der Waals surface area contributed by atoms with Crippen molar-refractivity contribution in [3.8, 4) is 17.0 Å². The predicted molar refractivity (Wildman–Crippen MR) is 112 cm³/mol. The second-order valence-electron chi connectivity index (χ2n) is 6.61. The summed E-state index contributed by atoms with van der Waals surface area (Å²) >= 11 is 12.1. The highest BCUT2D eigenvalue weighted by atomic mass is 35.5. The lowest BCUT2D eigenvalue weighted by Gasteiger charge is -2.19. The van der Waals surface area contributed by atoms with Crippen molar-refractivity contribution in [3.05, 3.63) is 64.4 Å². The van der Waals surface area contributed by atoms with Gasteiger partial charge in [-0.3, -0.25) is 14.5 Å². The van der Waals surface area contributed by atoms with Gasteiger partial charge < -0.3 is 10.1 Å². The lowest BCUT2D eigenvalue weighted by atomic mass is 10.1. The molecule has 1 aliphatic rings. The molecule has 0 bridgehead atoms. The summed E-state index contributed by atoms with van der Waals surface area (Å²) in [4.78, 5) is 38.8. The number of pyridine rings is 1. The molecule has 0 saturated heterocycles. The number of ether oxygens (including phenoxy) is 1. The summed E-state index contributed by atoms with van der Waals surface area (Å²) in [6, 6.07) is 6.81. The highest BCUT2D eigenvalue weighted by Gasteiger charge is 2.32. The van der Waals surface area contributed by atoms with Crippen molar-refractivity contribution in [2.75, 3.05) is 18.6 Å². The topological polar surface area (TPSA) is 97.3 Å². The highest BCUT2D eigenvalue weighted by molar-refractivity contribution is 6.33. The fourth-order valence-electron chi connectivity index (χ4n) is 2.97. The van der Waals surface area contributed by atoms with Gasteiger partial charge in [-0.15, -0.1) is 0 Å². The van der Waals surface area contributed by atoms with Gasteiger partial charge in [-0.1, -0.05) is 35.3 Å². The summed E-state index contributed by atoms with van der Waals surface area (Å²) in [6.07, 6.45) is 2.28. The van der Waals surface area contributed by atoms with Crippen LogP contribution in [0.5, 0.6) is 5.75 Å². The molecule has 0 spiro atoms. The molecular weight excluding hydrogens is 448 g/mol. The summed E-state index contributed by atoms with van der Waals surface area (Å²) in [5, 5.41) is 3.33. The zero-order valence-electron chi connectivity index (χ0n) is 16.0. The van der Waals surface area contributed by atoms with E-state index in [2.05, 4.69) is 20.3 Å². The molecule has 31 heavy (non-hydrogen) atoms. The molecule has 0 aliphatic carbocycles. The molecule has 1 N–H and O–H groups in total. The molecule has 1 aliphatic heterocycles. The zero-order valence-corrected chi connectivity index (χ0v) is 17.5. The first-order chi connectivity index (χ1) is 14.8. The van der Waals surface area contributed by atoms with Gasteiger partial charge in [-0.05, 0) is 12.1 Å². The number of aromatic nitrogens is 3. The molecular formula is C20H14Cl2FN5O3. The van der Waals surface area contributed by atoms with Crippen LogP contribution in [0, 0.1) is 5.82 Å². The monoisotopic (exact) mass is 461 g/mol. The van der Waals surface area contributed by atoms with Gasteiger partial charge in [0.2, 0.25) is 5.82 Å². The summed E-state index contributed by atoms with van der Waals surface area (Å²) in [6.45, 7) is -0.218. The maximum atomic E-state index is 13.5. The maximum absolute atomic E-state index is 13.5. The third-order valence-corrected chi connectivity index (χ3v) is 5.05. The van der Waals surface area contributed by atoms with E-state index < -0.39 is 23.7 Å². The Bertz CT molecular complexity index is 1180. The van der Waals surface area contributed by atoms with E-state index >= 15 is 0 Å². The first kappa shape index (κ1) is 21.0. The third-order valence-electron chi connectivity index (χ3n) is 4.52. The Kier molecular flexibility index (Phi) is 5.71. The van der Waals surface area contributed by atoms with Crippen LogP contribution in [-0.2, 0) is 4.79 Å². The standard InChI is InChI=1S/C20H14Cl2FN5O3/c1-28-18-15(6-12(23)7-25-18)31-9-14(20(28)30)26-19(29)17-24-8-13(22)16(27-17)10-2-4-11(21)5-3-10/h2-8,14H,9H2,1H3,(H,26,29). The molecule has 2 amide bonds. The van der Waals surface area contributed by atoms with E-state index in [1.807, 2.05) is 0 Å². The van der Waals surface area contributed by atoms with Crippen LogP contribution in [0.4, 0.5) is 10.2 Å². The average molecular weight is 462 g/mol. The minimum atomic E-state index is -1.06. The van der Waals surface area contributed by atoms with Gasteiger partial charge in [-0.25, -0.2) is 19.3 Å².